The number of nitrogens with zero attached hydrogens (tertiary/aromatic N) is 1. The van der Waals surface area contributed by atoms with Crippen LogP contribution >= 0.6 is 0 Å². The Kier molecular flexibility index (Phi) is 4.93. The van der Waals surface area contributed by atoms with Gasteiger partial charge >= 0.3 is 0 Å². The maximum Gasteiger partial charge on any atom is 0.230 e. The molecule has 4 rings (SSSR count). The number of hydrogen-bond donors (Lipinski definition) is 1. The maximum absolute atomic E-state index is 13.5. The first-order valence-corrected chi connectivity index (χ1v) is 9.59. The smallest absolute Gasteiger partial charge is 0.230 e. The zero-order valence-electron chi connectivity index (χ0n) is 15.3. The molecule has 2 aromatic carbocycles. The second kappa shape index (κ2) is 7.50. The molecule has 136 valence electrons. The number of amides is 1. The molecule has 26 heavy (non-hydrogen) atoms. The Morgan fingerprint density at radius 3 is 2.81 bits per heavy atom. The lowest BCUT2D eigenvalue weighted by Gasteiger charge is -2.39. The van der Waals surface area contributed by atoms with E-state index in [1.807, 2.05) is 24.3 Å². The number of aryl methyl sites for hydroxylation is 1. The molecule has 2 atom stereocenters. The zero-order chi connectivity index (χ0) is 17.9. The minimum atomic E-state index is -0.101. The van der Waals surface area contributed by atoms with Crippen molar-refractivity contribution in [2.45, 2.75) is 31.7 Å². The highest BCUT2D eigenvalue weighted by Crippen LogP contribution is 2.36. The Labute approximate surface area is 155 Å². The Bertz CT molecular complexity index is 772. The molecule has 2 aliphatic rings. The first-order valence-electron chi connectivity index (χ1n) is 9.59. The van der Waals surface area contributed by atoms with E-state index in [0.717, 1.165) is 43.8 Å². The molecule has 4 heteroatoms. The van der Waals surface area contributed by atoms with Crippen LogP contribution in [0.1, 0.15) is 42.0 Å². The topological polar surface area (TPSA) is 41.6 Å². The molecule has 0 spiro atoms. The summed E-state index contributed by atoms with van der Waals surface area (Å²) >= 11 is 0. The highest BCUT2D eigenvalue weighted by atomic mass is 16.5. The van der Waals surface area contributed by atoms with Gasteiger partial charge in [0.05, 0.1) is 18.6 Å². The van der Waals surface area contributed by atoms with Gasteiger partial charge in [0.1, 0.15) is 5.75 Å². The molecule has 0 bridgehead atoms. The summed E-state index contributed by atoms with van der Waals surface area (Å²) in [5.74, 6) is 0.985. The van der Waals surface area contributed by atoms with Crippen molar-refractivity contribution in [3.63, 3.8) is 0 Å². The first-order chi connectivity index (χ1) is 12.8. The van der Waals surface area contributed by atoms with Gasteiger partial charge in [0.2, 0.25) is 5.91 Å². The van der Waals surface area contributed by atoms with E-state index in [-0.39, 0.29) is 17.9 Å². The van der Waals surface area contributed by atoms with E-state index in [1.165, 1.54) is 11.1 Å². The lowest BCUT2D eigenvalue weighted by Crippen LogP contribution is -2.50. The molecule has 0 radical (unpaired) electrons. The lowest BCUT2D eigenvalue weighted by atomic mass is 9.90. The molecule has 0 saturated carbocycles. The van der Waals surface area contributed by atoms with Gasteiger partial charge in [-0.3, -0.25) is 4.79 Å². The van der Waals surface area contributed by atoms with Crippen molar-refractivity contribution >= 4 is 5.91 Å². The van der Waals surface area contributed by atoms with Crippen molar-refractivity contribution in [3.8, 4) is 5.75 Å². The van der Waals surface area contributed by atoms with Gasteiger partial charge in [0.25, 0.3) is 0 Å². The molecule has 0 aliphatic carbocycles. The Balaban J connectivity index is 1.61. The van der Waals surface area contributed by atoms with Crippen molar-refractivity contribution in [2.75, 3.05) is 26.2 Å². The summed E-state index contributed by atoms with van der Waals surface area (Å²) in [4.78, 5) is 15.5. The Morgan fingerprint density at radius 2 is 2.00 bits per heavy atom. The van der Waals surface area contributed by atoms with E-state index >= 15 is 0 Å². The van der Waals surface area contributed by atoms with Crippen LogP contribution in [0.5, 0.6) is 5.75 Å². The number of carbonyl (C=O) groups is 1. The van der Waals surface area contributed by atoms with Crippen LogP contribution in [0.4, 0.5) is 0 Å². The van der Waals surface area contributed by atoms with Gasteiger partial charge in [-0.25, -0.2) is 0 Å². The third-order valence-electron chi connectivity index (χ3n) is 5.56. The second-order valence-corrected chi connectivity index (χ2v) is 7.07. The van der Waals surface area contributed by atoms with Gasteiger partial charge in [-0.1, -0.05) is 49.4 Å². The molecular weight excluding hydrogens is 324 g/mol. The minimum Gasteiger partial charge on any atom is -0.493 e. The van der Waals surface area contributed by atoms with E-state index < -0.39 is 0 Å². The largest absolute Gasteiger partial charge is 0.493 e. The summed E-state index contributed by atoms with van der Waals surface area (Å²) in [6.07, 6.45) is 1.78. The van der Waals surface area contributed by atoms with Crippen LogP contribution in [0.15, 0.2) is 48.5 Å². The number of nitrogens with one attached hydrogen (secondary N) is 1. The summed E-state index contributed by atoms with van der Waals surface area (Å²) < 4.78 is 5.75. The van der Waals surface area contributed by atoms with Crippen LogP contribution in [-0.2, 0) is 11.2 Å². The van der Waals surface area contributed by atoms with Crippen molar-refractivity contribution in [1.82, 2.24) is 10.2 Å². The van der Waals surface area contributed by atoms with Crippen molar-refractivity contribution in [1.29, 1.82) is 0 Å². The summed E-state index contributed by atoms with van der Waals surface area (Å²) in [6, 6.07) is 16.8. The molecule has 1 N–H and O–H groups in total. The standard InChI is InChI=1S/C22H26N2O2/c1-2-16-7-9-17(10-8-16)20-15-23-12-13-24(20)22(25)19-11-14-26-21-6-4-3-5-18(19)21/h3-10,19-20,23H,2,11-15H2,1H3. The number of ether oxygens (including phenoxy) is 1. The monoisotopic (exact) mass is 350 g/mol. The molecule has 2 aliphatic heterocycles. The number of para-hydroxylation sites is 1. The van der Waals surface area contributed by atoms with E-state index in [2.05, 4.69) is 41.4 Å². The predicted molar refractivity (Wildman–Crippen MR) is 102 cm³/mol. The van der Waals surface area contributed by atoms with Gasteiger partial charge in [-0.2, -0.15) is 0 Å². The van der Waals surface area contributed by atoms with E-state index in [4.69, 9.17) is 4.74 Å². The van der Waals surface area contributed by atoms with Crippen LogP contribution in [0, 0.1) is 0 Å². The number of rotatable bonds is 3. The fourth-order valence-electron chi connectivity index (χ4n) is 4.04. The van der Waals surface area contributed by atoms with Crippen LogP contribution < -0.4 is 10.1 Å². The van der Waals surface area contributed by atoms with Crippen molar-refractivity contribution < 1.29 is 9.53 Å². The molecule has 1 saturated heterocycles. The van der Waals surface area contributed by atoms with Crippen LogP contribution in [0.25, 0.3) is 0 Å². The fourth-order valence-corrected chi connectivity index (χ4v) is 4.04. The molecular formula is C22H26N2O2. The van der Waals surface area contributed by atoms with Gasteiger partial charge in [-0.15, -0.1) is 0 Å². The SMILES string of the molecule is CCc1ccc(C2CNCCN2C(=O)C2CCOc3ccccc32)cc1. The van der Waals surface area contributed by atoms with Crippen molar-refractivity contribution in [3.05, 3.63) is 65.2 Å². The summed E-state index contributed by atoms with van der Waals surface area (Å²) in [6.45, 7) is 5.17. The fraction of sp³-hybridized carbons (Fsp3) is 0.409. The average molecular weight is 350 g/mol. The van der Waals surface area contributed by atoms with Gasteiger partial charge in [0.15, 0.2) is 0 Å². The van der Waals surface area contributed by atoms with Crippen LogP contribution in [-0.4, -0.2) is 37.0 Å². The summed E-state index contributed by atoms with van der Waals surface area (Å²) in [7, 11) is 0. The van der Waals surface area contributed by atoms with Crippen LogP contribution in [0.3, 0.4) is 0 Å². The van der Waals surface area contributed by atoms with Gasteiger partial charge in [0, 0.05) is 25.2 Å². The molecule has 2 aromatic rings. The third kappa shape index (κ3) is 3.21. The van der Waals surface area contributed by atoms with Gasteiger partial charge in [-0.05, 0) is 30.0 Å². The number of piperazine rings is 1. The lowest BCUT2D eigenvalue weighted by molar-refractivity contribution is -0.137. The minimum absolute atomic E-state index is 0.0946. The van der Waals surface area contributed by atoms with E-state index in [0.29, 0.717) is 6.61 Å². The third-order valence-corrected chi connectivity index (χ3v) is 5.56. The molecule has 4 nitrogen and oxygen atoms in total. The summed E-state index contributed by atoms with van der Waals surface area (Å²) in [5, 5.41) is 3.45. The number of carbonyl (C=O) groups excluding carboxylic acids is 1. The summed E-state index contributed by atoms with van der Waals surface area (Å²) in [5.41, 5.74) is 3.57. The maximum atomic E-state index is 13.5. The number of benzene rings is 2. The Morgan fingerprint density at radius 1 is 1.19 bits per heavy atom. The van der Waals surface area contributed by atoms with E-state index in [1.54, 1.807) is 0 Å². The normalized spacial score (nSPS) is 22.4. The van der Waals surface area contributed by atoms with Crippen LogP contribution in [0.2, 0.25) is 0 Å². The second-order valence-electron chi connectivity index (χ2n) is 7.07. The van der Waals surface area contributed by atoms with Crippen molar-refractivity contribution in [2.24, 2.45) is 0 Å². The highest BCUT2D eigenvalue weighted by Gasteiger charge is 2.35. The van der Waals surface area contributed by atoms with Gasteiger partial charge < -0.3 is 15.0 Å². The average Bonchev–Trinajstić information content (AvgIpc) is 2.73. The first kappa shape index (κ1) is 17.1. The predicted octanol–water partition coefficient (Wildman–Crippen LogP) is 3.29. The quantitative estimate of drug-likeness (QED) is 0.924. The Hall–Kier alpha value is -2.33. The zero-order valence-corrected chi connectivity index (χ0v) is 15.3. The highest BCUT2D eigenvalue weighted by molar-refractivity contribution is 5.85. The molecule has 1 fully saturated rings. The number of fused-ring (bicyclic) bond motifs is 1. The molecule has 1 amide bonds. The molecule has 0 aromatic heterocycles. The number of hydrogen-bond acceptors (Lipinski definition) is 3. The molecule has 2 unspecified atom stereocenters. The van der Waals surface area contributed by atoms with E-state index in [9.17, 15) is 4.79 Å². The molecule has 2 heterocycles.